The van der Waals surface area contributed by atoms with Gasteiger partial charge in [-0.3, -0.25) is 0 Å². The number of imidazole rings is 1. The Morgan fingerprint density at radius 3 is 2.71 bits per heavy atom. The highest BCUT2D eigenvalue weighted by Crippen LogP contribution is 2.31. The van der Waals surface area contributed by atoms with Crippen molar-refractivity contribution in [3.05, 3.63) is 53.1 Å². The molecule has 2 unspecified atom stereocenters. The Bertz CT molecular complexity index is 1250. The van der Waals surface area contributed by atoms with Crippen LogP contribution in [0.25, 0.3) is 11.0 Å². The third-order valence-corrected chi connectivity index (χ3v) is 9.79. The summed E-state index contributed by atoms with van der Waals surface area (Å²) in [5.41, 5.74) is 2.82. The first-order chi connectivity index (χ1) is 16.4. The summed E-state index contributed by atoms with van der Waals surface area (Å²) in [6.45, 7) is 4.79. The van der Waals surface area contributed by atoms with Crippen molar-refractivity contribution in [3.63, 3.8) is 0 Å². The fourth-order valence-corrected chi connectivity index (χ4v) is 7.49. The lowest BCUT2D eigenvalue weighted by Crippen LogP contribution is -2.39. The van der Waals surface area contributed by atoms with E-state index >= 15 is 0 Å². The third kappa shape index (κ3) is 5.16. The predicted octanol–water partition coefficient (Wildman–Crippen LogP) is 5.58. The van der Waals surface area contributed by atoms with Crippen molar-refractivity contribution >= 4 is 44.4 Å². The molecule has 5 rings (SSSR count). The first kappa shape index (κ1) is 24.1. The van der Waals surface area contributed by atoms with Crippen molar-refractivity contribution in [2.75, 3.05) is 19.7 Å². The number of hydrogen-bond acceptors (Lipinski definition) is 5. The molecule has 3 heterocycles. The highest BCUT2D eigenvalue weighted by Gasteiger charge is 2.29. The zero-order valence-electron chi connectivity index (χ0n) is 19.3. The van der Waals surface area contributed by atoms with E-state index < -0.39 is 10.0 Å². The van der Waals surface area contributed by atoms with Crippen LogP contribution in [0, 0.1) is 5.92 Å². The summed E-state index contributed by atoms with van der Waals surface area (Å²) in [6, 6.07) is 13.2. The van der Waals surface area contributed by atoms with Crippen LogP contribution < -0.4 is 0 Å². The largest absolute Gasteiger partial charge is 0.376 e. The zero-order chi connectivity index (χ0) is 23.7. The predicted molar refractivity (Wildman–Crippen MR) is 137 cm³/mol. The maximum atomic E-state index is 13.3. The summed E-state index contributed by atoms with van der Waals surface area (Å²) in [4.78, 5) is 5.21. The van der Waals surface area contributed by atoms with Gasteiger partial charge in [0.2, 0.25) is 10.0 Å². The summed E-state index contributed by atoms with van der Waals surface area (Å²) in [6.07, 6.45) is 4.24. The average molecular weight is 520 g/mol. The molecule has 2 aliphatic heterocycles. The highest BCUT2D eigenvalue weighted by molar-refractivity contribution is 7.98. The number of thioether (sulfide) groups is 1. The van der Waals surface area contributed by atoms with E-state index in [1.54, 1.807) is 28.2 Å². The molecule has 0 amide bonds. The van der Waals surface area contributed by atoms with Gasteiger partial charge in [0, 0.05) is 30.5 Å². The Morgan fingerprint density at radius 1 is 1.15 bits per heavy atom. The van der Waals surface area contributed by atoms with E-state index in [-0.39, 0.29) is 6.10 Å². The monoisotopic (exact) mass is 519 g/mol. The van der Waals surface area contributed by atoms with Crippen molar-refractivity contribution in [2.24, 2.45) is 5.92 Å². The van der Waals surface area contributed by atoms with Gasteiger partial charge in [0.1, 0.15) is 0 Å². The van der Waals surface area contributed by atoms with Crippen molar-refractivity contribution < 1.29 is 13.2 Å². The van der Waals surface area contributed by atoms with Crippen molar-refractivity contribution in [2.45, 2.75) is 61.1 Å². The minimum atomic E-state index is -3.53. The van der Waals surface area contributed by atoms with Gasteiger partial charge in [-0.25, -0.2) is 13.4 Å². The maximum absolute atomic E-state index is 13.3. The van der Waals surface area contributed by atoms with Gasteiger partial charge in [0.05, 0.1) is 28.6 Å². The number of ether oxygens (including phenoxy) is 1. The number of rotatable bonds is 7. The number of benzene rings is 2. The first-order valence-electron chi connectivity index (χ1n) is 11.9. The van der Waals surface area contributed by atoms with E-state index in [0.717, 1.165) is 65.8 Å². The number of halogens is 1. The normalized spacial score (nSPS) is 21.9. The molecule has 0 radical (unpaired) electrons. The second-order valence-corrected chi connectivity index (χ2v) is 12.6. The molecule has 2 fully saturated rings. The molecule has 1 aromatic heterocycles. The second-order valence-electron chi connectivity index (χ2n) is 9.32. The molecule has 182 valence electrons. The molecule has 0 bridgehead atoms. The smallest absolute Gasteiger partial charge is 0.243 e. The fourth-order valence-electron chi connectivity index (χ4n) is 4.77. The molecule has 34 heavy (non-hydrogen) atoms. The van der Waals surface area contributed by atoms with Crippen molar-refractivity contribution in [1.82, 2.24) is 13.9 Å². The maximum Gasteiger partial charge on any atom is 0.243 e. The Labute approximate surface area is 210 Å². The summed E-state index contributed by atoms with van der Waals surface area (Å²) in [7, 11) is -3.53. The van der Waals surface area contributed by atoms with Crippen molar-refractivity contribution in [1.29, 1.82) is 0 Å². The highest BCUT2D eigenvalue weighted by atomic mass is 35.5. The summed E-state index contributed by atoms with van der Waals surface area (Å²) in [5.74, 6) is 1.14. The third-order valence-electron chi connectivity index (χ3n) is 6.63. The van der Waals surface area contributed by atoms with E-state index in [4.69, 9.17) is 21.3 Å². The number of sulfonamides is 1. The van der Waals surface area contributed by atoms with Gasteiger partial charge >= 0.3 is 0 Å². The van der Waals surface area contributed by atoms with Crippen LogP contribution in [-0.2, 0) is 27.1 Å². The van der Waals surface area contributed by atoms with Crippen LogP contribution in [0.15, 0.2) is 52.5 Å². The van der Waals surface area contributed by atoms with E-state index in [0.29, 0.717) is 29.4 Å². The first-order valence-corrected chi connectivity index (χ1v) is 14.7. The molecule has 3 aromatic rings. The zero-order valence-corrected chi connectivity index (χ0v) is 21.7. The lowest BCUT2D eigenvalue weighted by Gasteiger charge is -2.30. The molecule has 0 saturated carbocycles. The average Bonchev–Trinajstić information content (AvgIpc) is 3.46. The number of piperidine rings is 1. The van der Waals surface area contributed by atoms with Crippen LogP contribution in [0.3, 0.4) is 0 Å². The molecule has 0 aliphatic carbocycles. The van der Waals surface area contributed by atoms with E-state index in [1.807, 2.05) is 30.3 Å². The van der Waals surface area contributed by atoms with Crippen LogP contribution in [0.4, 0.5) is 0 Å². The van der Waals surface area contributed by atoms with Gasteiger partial charge in [0.15, 0.2) is 5.16 Å². The van der Waals surface area contributed by atoms with E-state index in [2.05, 4.69) is 11.5 Å². The SMILES string of the molecule is CC1CCCN(S(=O)(=O)c2ccc3c(c2)nc(SCc2ccc(Cl)cc2)n3CC2CCCO2)C1. The van der Waals surface area contributed by atoms with Crippen molar-refractivity contribution in [3.8, 4) is 0 Å². The fraction of sp³-hybridized carbons (Fsp3) is 0.480. The summed E-state index contributed by atoms with van der Waals surface area (Å²) < 4.78 is 36.4. The van der Waals surface area contributed by atoms with E-state index in [1.165, 1.54) is 0 Å². The number of nitrogens with zero attached hydrogens (tertiary/aromatic N) is 3. The molecule has 2 saturated heterocycles. The molecular weight excluding hydrogens is 490 g/mol. The Balaban J connectivity index is 1.46. The molecule has 2 aliphatic rings. The quantitative estimate of drug-likeness (QED) is 0.381. The minimum absolute atomic E-state index is 0.158. The molecule has 0 N–H and O–H groups in total. The lowest BCUT2D eigenvalue weighted by molar-refractivity contribution is 0.0960. The van der Waals surface area contributed by atoms with Crippen LogP contribution >= 0.6 is 23.4 Å². The molecular formula is C25H30ClN3O3S2. The van der Waals surface area contributed by atoms with Gasteiger partial charge in [-0.1, -0.05) is 42.4 Å². The number of aromatic nitrogens is 2. The molecule has 2 atom stereocenters. The van der Waals surface area contributed by atoms with Gasteiger partial charge in [-0.15, -0.1) is 0 Å². The van der Waals surface area contributed by atoms with Gasteiger partial charge in [-0.2, -0.15) is 4.31 Å². The Hall–Kier alpha value is -1.58. The summed E-state index contributed by atoms with van der Waals surface area (Å²) in [5, 5.41) is 1.60. The van der Waals surface area contributed by atoms with Crippen LogP contribution in [-0.4, -0.2) is 48.1 Å². The Morgan fingerprint density at radius 2 is 1.97 bits per heavy atom. The van der Waals surface area contributed by atoms with Gasteiger partial charge in [0.25, 0.3) is 0 Å². The molecule has 6 nitrogen and oxygen atoms in total. The van der Waals surface area contributed by atoms with Crippen LogP contribution in [0.5, 0.6) is 0 Å². The summed E-state index contributed by atoms with van der Waals surface area (Å²) >= 11 is 7.68. The number of hydrogen-bond donors (Lipinski definition) is 0. The topological polar surface area (TPSA) is 64.4 Å². The van der Waals surface area contributed by atoms with Gasteiger partial charge < -0.3 is 9.30 Å². The Kier molecular flexibility index (Phi) is 7.23. The van der Waals surface area contributed by atoms with Gasteiger partial charge in [-0.05, 0) is 67.5 Å². The minimum Gasteiger partial charge on any atom is -0.376 e. The van der Waals surface area contributed by atoms with Crippen LogP contribution in [0.1, 0.15) is 38.2 Å². The lowest BCUT2D eigenvalue weighted by atomic mass is 10.0. The van der Waals surface area contributed by atoms with E-state index in [9.17, 15) is 8.42 Å². The number of fused-ring (bicyclic) bond motifs is 1. The molecule has 9 heteroatoms. The standard InChI is InChI=1S/C25H30ClN3O3S2/c1-18-4-2-12-28(15-18)34(30,31)22-10-11-24-23(14-22)27-25(29(24)16-21-5-3-13-32-21)33-17-19-6-8-20(26)9-7-19/h6-11,14,18,21H,2-5,12-13,15-17H2,1H3. The molecule has 0 spiro atoms. The molecule has 2 aromatic carbocycles. The van der Waals surface area contributed by atoms with Crippen LogP contribution in [0.2, 0.25) is 5.02 Å². The second kappa shape index (κ2) is 10.2.